The molecule has 0 fully saturated rings. The summed E-state index contributed by atoms with van der Waals surface area (Å²) < 4.78 is 0. The first-order valence-electron chi connectivity index (χ1n) is 3.35. The molecule has 56 valence electrons. The van der Waals surface area contributed by atoms with Crippen molar-refractivity contribution in [3.8, 4) is 0 Å². The van der Waals surface area contributed by atoms with Crippen LogP contribution in [-0.4, -0.2) is 5.17 Å². The molecule has 1 rings (SSSR count). The van der Waals surface area contributed by atoms with Crippen LogP contribution in [0.2, 0.25) is 0 Å². The van der Waals surface area contributed by atoms with Gasteiger partial charge in [-0.3, -0.25) is 0 Å². The summed E-state index contributed by atoms with van der Waals surface area (Å²) in [6, 6.07) is 0. The van der Waals surface area contributed by atoms with E-state index in [1.54, 1.807) is 0 Å². The molecule has 0 aromatic carbocycles. The maximum absolute atomic E-state index is 5.66. The number of halogens is 1. The number of oxime groups is 1. The zero-order chi connectivity index (χ0) is 7.40. The molecule has 0 aromatic rings. The third-order valence-electron chi connectivity index (χ3n) is 1.31. The van der Waals surface area contributed by atoms with Gasteiger partial charge in [-0.2, -0.15) is 0 Å². The molecule has 10 heavy (non-hydrogen) atoms. The topological polar surface area (TPSA) is 21.6 Å². The van der Waals surface area contributed by atoms with Crippen LogP contribution in [0.4, 0.5) is 0 Å². The van der Waals surface area contributed by atoms with E-state index in [1.165, 1.54) is 0 Å². The van der Waals surface area contributed by atoms with Gasteiger partial charge in [-0.15, -0.1) is 0 Å². The van der Waals surface area contributed by atoms with E-state index in [-0.39, 0.29) is 0 Å². The highest BCUT2D eigenvalue weighted by Gasteiger charge is 1.99. The van der Waals surface area contributed by atoms with Crippen LogP contribution >= 0.6 is 11.6 Å². The van der Waals surface area contributed by atoms with Crippen molar-refractivity contribution in [2.24, 2.45) is 5.16 Å². The second kappa shape index (κ2) is 3.62. The molecule has 2 nitrogen and oxygen atoms in total. The van der Waals surface area contributed by atoms with E-state index in [1.807, 2.05) is 13.0 Å². The fraction of sp³-hybridized carbons (Fsp3) is 0.571. The van der Waals surface area contributed by atoms with Crippen LogP contribution < -0.4 is 0 Å². The molecular formula is C7H10ClNO. The maximum atomic E-state index is 5.66. The fourth-order valence-corrected chi connectivity index (χ4v) is 0.926. The highest BCUT2D eigenvalue weighted by molar-refractivity contribution is 6.65. The summed E-state index contributed by atoms with van der Waals surface area (Å²) in [7, 11) is 0. The number of nitrogens with zero attached hydrogens (tertiary/aromatic N) is 1. The van der Waals surface area contributed by atoms with Gasteiger partial charge in [0.1, 0.15) is 10.9 Å². The molecule has 0 saturated carbocycles. The molecule has 1 heterocycles. The normalized spacial score (nSPS) is 30.2. The predicted molar refractivity (Wildman–Crippen MR) is 42.0 cm³/mol. The lowest BCUT2D eigenvalue weighted by molar-refractivity contribution is 0.226. The molecule has 0 aliphatic carbocycles. The zero-order valence-corrected chi connectivity index (χ0v) is 6.69. The van der Waals surface area contributed by atoms with Crippen LogP contribution in [0.25, 0.3) is 0 Å². The third kappa shape index (κ3) is 2.40. The Kier molecular flexibility index (Phi) is 2.75. The minimum Gasteiger partial charge on any atom is -0.361 e. The minimum atomic E-state index is 0.562. The zero-order valence-electron chi connectivity index (χ0n) is 5.93. The van der Waals surface area contributed by atoms with Gasteiger partial charge in [0, 0.05) is 6.42 Å². The quantitative estimate of drug-likeness (QED) is 0.533. The molecule has 1 aliphatic rings. The fourth-order valence-electron chi connectivity index (χ4n) is 0.758. The standard InChI is InChI=1S/C7H10ClNO/c1-6-4-2-3-5-7(8)9-10-6/h4H,2-3,5H2,1H3/b6-4+,9-7+. The van der Waals surface area contributed by atoms with Gasteiger partial charge in [0.2, 0.25) is 0 Å². The van der Waals surface area contributed by atoms with Crippen molar-refractivity contribution >= 4 is 16.8 Å². The van der Waals surface area contributed by atoms with Gasteiger partial charge < -0.3 is 4.84 Å². The Labute approximate surface area is 65.5 Å². The smallest absolute Gasteiger partial charge is 0.146 e. The Morgan fingerprint density at radius 3 is 3.30 bits per heavy atom. The first-order chi connectivity index (χ1) is 4.79. The second-order valence-corrected chi connectivity index (χ2v) is 2.70. The van der Waals surface area contributed by atoms with E-state index in [0.29, 0.717) is 5.17 Å². The first-order valence-corrected chi connectivity index (χ1v) is 3.73. The van der Waals surface area contributed by atoms with Gasteiger partial charge >= 0.3 is 0 Å². The average molecular weight is 160 g/mol. The van der Waals surface area contributed by atoms with E-state index >= 15 is 0 Å². The molecule has 0 unspecified atom stereocenters. The van der Waals surface area contributed by atoms with E-state index in [0.717, 1.165) is 25.0 Å². The molecule has 1 aliphatic heterocycles. The van der Waals surface area contributed by atoms with Crippen molar-refractivity contribution in [3.05, 3.63) is 11.8 Å². The molecule has 0 N–H and O–H groups in total. The monoisotopic (exact) mass is 159 g/mol. The van der Waals surface area contributed by atoms with Crippen LogP contribution in [-0.2, 0) is 4.84 Å². The van der Waals surface area contributed by atoms with Crippen molar-refractivity contribution in [3.63, 3.8) is 0 Å². The van der Waals surface area contributed by atoms with E-state index < -0.39 is 0 Å². The van der Waals surface area contributed by atoms with Gasteiger partial charge in [0.25, 0.3) is 0 Å². The molecule has 0 spiro atoms. The van der Waals surface area contributed by atoms with Gasteiger partial charge in [-0.05, 0) is 25.8 Å². The van der Waals surface area contributed by atoms with Crippen molar-refractivity contribution in [2.75, 3.05) is 0 Å². The Hall–Kier alpha value is -0.500. The van der Waals surface area contributed by atoms with Gasteiger partial charge in [-0.25, -0.2) is 0 Å². The van der Waals surface area contributed by atoms with Crippen molar-refractivity contribution in [1.82, 2.24) is 0 Å². The maximum Gasteiger partial charge on any atom is 0.146 e. The lowest BCUT2D eigenvalue weighted by atomic mass is 10.2. The summed E-state index contributed by atoms with van der Waals surface area (Å²) in [5, 5.41) is 4.24. The summed E-state index contributed by atoms with van der Waals surface area (Å²) in [6.45, 7) is 1.87. The number of hydrogen-bond donors (Lipinski definition) is 0. The molecule has 0 saturated heterocycles. The third-order valence-corrected chi connectivity index (χ3v) is 1.57. The van der Waals surface area contributed by atoms with Crippen LogP contribution in [0, 0.1) is 0 Å². The predicted octanol–water partition coefficient (Wildman–Crippen LogP) is 2.64. The summed E-state index contributed by atoms with van der Waals surface area (Å²) in [5.74, 6) is 0.831. The lowest BCUT2D eigenvalue weighted by Crippen LogP contribution is -1.93. The van der Waals surface area contributed by atoms with Crippen molar-refractivity contribution < 1.29 is 4.84 Å². The summed E-state index contributed by atoms with van der Waals surface area (Å²) >= 11 is 5.66. The van der Waals surface area contributed by atoms with Gasteiger partial charge in [-0.1, -0.05) is 16.8 Å². The highest BCUT2D eigenvalue weighted by Crippen LogP contribution is 2.10. The minimum absolute atomic E-state index is 0.562. The van der Waals surface area contributed by atoms with E-state index in [2.05, 4.69) is 5.16 Å². The van der Waals surface area contributed by atoms with Crippen LogP contribution in [0.1, 0.15) is 26.2 Å². The first kappa shape index (κ1) is 7.61. The summed E-state index contributed by atoms with van der Waals surface area (Å²) in [6.07, 6.45) is 4.93. The Morgan fingerprint density at radius 1 is 1.70 bits per heavy atom. The van der Waals surface area contributed by atoms with Crippen molar-refractivity contribution in [1.29, 1.82) is 0 Å². The summed E-state index contributed by atoms with van der Waals surface area (Å²) in [4.78, 5) is 4.91. The van der Waals surface area contributed by atoms with E-state index in [4.69, 9.17) is 16.4 Å². The summed E-state index contributed by atoms with van der Waals surface area (Å²) in [5.41, 5.74) is 0. The number of rotatable bonds is 0. The molecule has 0 atom stereocenters. The largest absolute Gasteiger partial charge is 0.361 e. The number of allylic oxidation sites excluding steroid dienone is 2. The Balaban J connectivity index is 2.55. The van der Waals surface area contributed by atoms with E-state index in [9.17, 15) is 0 Å². The molecule has 3 heteroatoms. The molecule has 0 amide bonds. The molecule has 0 radical (unpaired) electrons. The van der Waals surface area contributed by atoms with Gasteiger partial charge in [0.05, 0.1) is 0 Å². The van der Waals surface area contributed by atoms with Crippen LogP contribution in [0.15, 0.2) is 17.0 Å². The molecule has 0 bridgehead atoms. The lowest BCUT2D eigenvalue weighted by Gasteiger charge is -2.03. The number of hydrogen-bond acceptors (Lipinski definition) is 2. The average Bonchev–Trinajstić information content (AvgIpc) is 1.90. The van der Waals surface area contributed by atoms with Gasteiger partial charge in [0.15, 0.2) is 0 Å². The highest BCUT2D eigenvalue weighted by atomic mass is 35.5. The molecule has 0 aromatic heterocycles. The van der Waals surface area contributed by atoms with Crippen LogP contribution in [0.5, 0.6) is 0 Å². The molecular weight excluding hydrogens is 150 g/mol. The Bertz CT molecular complexity index is 174. The van der Waals surface area contributed by atoms with Crippen molar-refractivity contribution in [2.45, 2.75) is 26.2 Å². The van der Waals surface area contributed by atoms with Crippen LogP contribution in [0.3, 0.4) is 0 Å². The second-order valence-electron chi connectivity index (χ2n) is 2.27. The Morgan fingerprint density at radius 2 is 2.50 bits per heavy atom. The SMILES string of the molecule is C/C1=C\CCC/C(Cl)=N\O1.